The number of halogens is 1. The van der Waals surface area contributed by atoms with Gasteiger partial charge < -0.3 is 9.64 Å². The van der Waals surface area contributed by atoms with Gasteiger partial charge in [0.2, 0.25) is 0 Å². The van der Waals surface area contributed by atoms with Gasteiger partial charge in [-0.1, -0.05) is 11.6 Å². The lowest BCUT2D eigenvalue weighted by molar-refractivity contribution is -0.00544. The average Bonchev–Trinajstić information content (AvgIpc) is 2.64. The van der Waals surface area contributed by atoms with E-state index >= 15 is 0 Å². The predicted molar refractivity (Wildman–Crippen MR) is 80.5 cm³/mol. The second kappa shape index (κ2) is 4.90. The number of hydrogen-bond donors (Lipinski definition) is 0. The first-order valence-electron chi connectivity index (χ1n) is 6.86. The van der Waals surface area contributed by atoms with Gasteiger partial charge in [-0.05, 0) is 20.8 Å². The monoisotopic (exact) mass is 294 g/mol. The van der Waals surface area contributed by atoms with Gasteiger partial charge in [0.25, 0.3) is 0 Å². The van der Waals surface area contributed by atoms with Crippen molar-refractivity contribution in [2.75, 3.05) is 18.0 Å². The maximum atomic E-state index is 6.42. The number of pyridine rings is 1. The number of ether oxygens (including phenoxy) is 1. The Morgan fingerprint density at radius 3 is 2.60 bits per heavy atom. The Hall–Kier alpha value is -1.33. The molecule has 3 heterocycles. The topological polar surface area (TPSA) is 43.2 Å². The lowest BCUT2D eigenvalue weighted by atomic mass is 10.2. The van der Waals surface area contributed by atoms with Crippen LogP contribution in [0.4, 0.5) is 5.82 Å². The Morgan fingerprint density at radius 1 is 1.30 bits per heavy atom. The molecule has 2 aromatic rings. The molecule has 0 bridgehead atoms. The highest BCUT2D eigenvalue weighted by Gasteiger charge is 2.24. The summed E-state index contributed by atoms with van der Waals surface area (Å²) >= 11 is 6.42. The number of aryl methyl sites for hydroxylation is 2. The van der Waals surface area contributed by atoms with Gasteiger partial charge in [0.15, 0.2) is 5.65 Å². The summed E-state index contributed by atoms with van der Waals surface area (Å²) in [4.78, 5) is 6.96. The Balaban J connectivity index is 2.06. The van der Waals surface area contributed by atoms with Crippen LogP contribution in [0, 0.1) is 6.92 Å². The van der Waals surface area contributed by atoms with Gasteiger partial charge in [0.05, 0.1) is 28.3 Å². The molecular weight excluding hydrogens is 276 g/mol. The highest BCUT2D eigenvalue weighted by Crippen LogP contribution is 2.30. The molecule has 0 aromatic carbocycles. The molecule has 3 rings (SSSR count). The number of nitrogens with zero attached hydrogens (tertiary/aromatic N) is 4. The molecule has 20 heavy (non-hydrogen) atoms. The molecule has 1 fully saturated rings. The molecule has 6 heteroatoms. The smallest absolute Gasteiger partial charge is 0.161 e. The summed E-state index contributed by atoms with van der Waals surface area (Å²) in [5.74, 6) is 0.896. The summed E-state index contributed by atoms with van der Waals surface area (Å²) in [6.07, 6.45) is 0.395. The third-order valence-electron chi connectivity index (χ3n) is 3.65. The van der Waals surface area contributed by atoms with Gasteiger partial charge in [-0.2, -0.15) is 5.10 Å². The molecule has 1 aliphatic rings. The summed E-state index contributed by atoms with van der Waals surface area (Å²) in [5.41, 5.74) is 1.74. The van der Waals surface area contributed by atoms with Crippen molar-refractivity contribution in [3.63, 3.8) is 0 Å². The molecular formula is C14H19ClN4O. The Kier molecular flexibility index (Phi) is 3.34. The zero-order chi connectivity index (χ0) is 14.4. The summed E-state index contributed by atoms with van der Waals surface area (Å²) < 4.78 is 7.55. The minimum atomic E-state index is 0.197. The van der Waals surface area contributed by atoms with Crippen LogP contribution in [0.25, 0.3) is 11.0 Å². The first kappa shape index (κ1) is 13.6. The molecule has 108 valence electrons. The molecule has 1 aliphatic heterocycles. The lowest BCUT2D eigenvalue weighted by Crippen LogP contribution is -2.45. The average molecular weight is 295 g/mol. The highest BCUT2D eigenvalue weighted by atomic mass is 35.5. The van der Waals surface area contributed by atoms with Crippen molar-refractivity contribution in [3.8, 4) is 0 Å². The Morgan fingerprint density at radius 2 is 1.95 bits per heavy atom. The van der Waals surface area contributed by atoms with Crippen LogP contribution in [0.1, 0.15) is 19.5 Å². The largest absolute Gasteiger partial charge is 0.372 e. The van der Waals surface area contributed by atoms with Crippen LogP contribution in [0.3, 0.4) is 0 Å². The van der Waals surface area contributed by atoms with Crippen molar-refractivity contribution in [3.05, 3.63) is 16.8 Å². The summed E-state index contributed by atoms with van der Waals surface area (Å²) in [5, 5.41) is 6.04. The van der Waals surface area contributed by atoms with E-state index in [1.54, 1.807) is 4.68 Å². The van der Waals surface area contributed by atoms with Crippen LogP contribution in [-0.2, 0) is 11.8 Å². The lowest BCUT2D eigenvalue weighted by Gasteiger charge is -2.36. The van der Waals surface area contributed by atoms with Crippen molar-refractivity contribution in [1.29, 1.82) is 0 Å². The zero-order valence-electron chi connectivity index (χ0n) is 12.2. The van der Waals surface area contributed by atoms with Crippen LogP contribution in [0.15, 0.2) is 6.07 Å². The molecule has 1 saturated heterocycles. The molecule has 0 saturated carbocycles. The van der Waals surface area contributed by atoms with E-state index < -0.39 is 0 Å². The summed E-state index contributed by atoms with van der Waals surface area (Å²) in [6, 6.07) is 1.93. The van der Waals surface area contributed by atoms with Crippen LogP contribution in [0.5, 0.6) is 0 Å². The fourth-order valence-electron chi connectivity index (χ4n) is 2.91. The summed E-state index contributed by atoms with van der Waals surface area (Å²) in [7, 11) is 1.90. The number of hydrogen-bond acceptors (Lipinski definition) is 4. The third-order valence-corrected chi connectivity index (χ3v) is 3.95. The van der Waals surface area contributed by atoms with Gasteiger partial charge in [0, 0.05) is 26.2 Å². The minimum absolute atomic E-state index is 0.197. The van der Waals surface area contributed by atoms with E-state index in [9.17, 15) is 0 Å². The molecule has 5 nitrogen and oxygen atoms in total. The van der Waals surface area contributed by atoms with E-state index in [0.717, 1.165) is 35.6 Å². The van der Waals surface area contributed by atoms with Gasteiger partial charge in [-0.15, -0.1) is 0 Å². The van der Waals surface area contributed by atoms with E-state index in [1.807, 2.05) is 20.0 Å². The predicted octanol–water partition coefficient (Wildman–Crippen LogP) is 2.54. The first-order chi connectivity index (χ1) is 9.45. The molecule has 0 radical (unpaired) electrons. The van der Waals surface area contributed by atoms with E-state index in [1.165, 1.54) is 0 Å². The van der Waals surface area contributed by atoms with Crippen molar-refractivity contribution in [1.82, 2.24) is 14.8 Å². The quantitative estimate of drug-likeness (QED) is 0.811. The van der Waals surface area contributed by atoms with Gasteiger partial charge in [0.1, 0.15) is 5.82 Å². The molecule has 0 spiro atoms. The second-order valence-electron chi connectivity index (χ2n) is 5.53. The molecule has 0 aliphatic carbocycles. The molecule has 0 amide bonds. The number of fused-ring (bicyclic) bond motifs is 1. The van der Waals surface area contributed by atoms with Crippen LogP contribution >= 0.6 is 11.6 Å². The fourth-order valence-corrected chi connectivity index (χ4v) is 3.23. The fraction of sp³-hybridized carbons (Fsp3) is 0.571. The zero-order valence-corrected chi connectivity index (χ0v) is 13.0. The minimum Gasteiger partial charge on any atom is -0.372 e. The molecule has 2 aromatic heterocycles. The normalized spacial score (nSPS) is 23.6. The summed E-state index contributed by atoms with van der Waals surface area (Å²) in [6.45, 7) is 7.77. The number of rotatable bonds is 1. The van der Waals surface area contributed by atoms with Crippen molar-refractivity contribution >= 4 is 28.5 Å². The van der Waals surface area contributed by atoms with Crippen LogP contribution < -0.4 is 4.90 Å². The van der Waals surface area contributed by atoms with E-state index in [2.05, 4.69) is 23.8 Å². The number of aromatic nitrogens is 3. The SMILES string of the molecule is Cc1nn(C)c2nc(N3C[C@@H](C)O[C@H](C)C3)cc(Cl)c12. The van der Waals surface area contributed by atoms with Crippen LogP contribution in [-0.4, -0.2) is 40.1 Å². The Bertz CT molecular complexity index is 644. The van der Waals surface area contributed by atoms with Gasteiger partial charge in [-0.3, -0.25) is 4.68 Å². The first-order valence-corrected chi connectivity index (χ1v) is 7.23. The van der Waals surface area contributed by atoms with Gasteiger partial charge >= 0.3 is 0 Å². The van der Waals surface area contributed by atoms with Crippen molar-refractivity contribution < 1.29 is 4.74 Å². The molecule has 2 atom stereocenters. The van der Waals surface area contributed by atoms with E-state index in [4.69, 9.17) is 21.3 Å². The second-order valence-corrected chi connectivity index (χ2v) is 5.94. The third kappa shape index (κ3) is 2.25. The number of anilines is 1. The maximum absolute atomic E-state index is 6.42. The van der Waals surface area contributed by atoms with Crippen molar-refractivity contribution in [2.24, 2.45) is 7.05 Å². The maximum Gasteiger partial charge on any atom is 0.161 e. The van der Waals surface area contributed by atoms with E-state index in [0.29, 0.717) is 5.02 Å². The number of morpholine rings is 1. The van der Waals surface area contributed by atoms with E-state index in [-0.39, 0.29) is 12.2 Å². The van der Waals surface area contributed by atoms with Crippen molar-refractivity contribution in [2.45, 2.75) is 33.0 Å². The molecule has 0 unspecified atom stereocenters. The van der Waals surface area contributed by atoms with Gasteiger partial charge in [-0.25, -0.2) is 4.98 Å². The highest BCUT2D eigenvalue weighted by molar-refractivity contribution is 6.35. The standard InChI is InChI=1S/C14H19ClN4O/c1-8-6-19(7-9(2)20-8)12-5-11(15)13-10(3)17-18(4)14(13)16-12/h5,8-9H,6-7H2,1-4H3/t8-,9-/m1/s1. The Labute approximate surface area is 123 Å². The molecule has 0 N–H and O–H groups in total. The van der Waals surface area contributed by atoms with Crippen LogP contribution in [0.2, 0.25) is 5.02 Å².